The van der Waals surface area contributed by atoms with Crippen molar-refractivity contribution in [3.05, 3.63) is 94.6 Å². The number of carbonyl (C=O) groups is 2. The van der Waals surface area contributed by atoms with Crippen LogP contribution in [0.25, 0.3) is 33.8 Å². The molecule has 2 aliphatic rings. The van der Waals surface area contributed by atoms with Crippen molar-refractivity contribution in [2.45, 2.75) is 19.3 Å². The monoisotopic (exact) mass is 419 g/mol. The van der Waals surface area contributed by atoms with Crippen molar-refractivity contribution in [1.29, 1.82) is 0 Å². The first-order valence-corrected chi connectivity index (χ1v) is 10.5. The van der Waals surface area contributed by atoms with Gasteiger partial charge in [-0.15, -0.1) is 0 Å². The van der Waals surface area contributed by atoms with Crippen molar-refractivity contribution in [2.24, 2.45) is 0 Å². The molecule has 0 amide bonds. The van der Waals surface area contributed by atoms with E-state index in [1.54, 1.807) is 6.08 Å². The van der Waals surface area contributed by atoms with Gasteiger partial charge >= 0.3 is 0 Å². The first-order chi connectivity index (χ1) is 15.5. The van der Waals surface area contributed by atoms with Crippen LogP contribution < -0.4 is 0 Å². The van der Waals surface area contributed by atoms with Crippen LogP contribution in [-0.4, -0.2) is 16.1 Å². The molecule has 0 bridgehead atoms. The number of benzene rings is 2. The smallest absolute Gasteiger partial charge is 0.209 e. The van der Waals surface area contributed by atoms with E-state index in [-0.39, 0.29) is 22.6 Å². The van der Waals surface area contributed by atoms with E-state index < -0.39 is 0 Å². The fourth-order valence-corrected chi connectivity index (χ4v) is 5.28. The largest absolute Gasteiger partial charge is 0.471 e. The maximum Gasteiger partial charge on any atom is 0.209 e. The Morgan fingerprint density at radius 3 is 2.38 bits per heavy atom. The van der Waals surface area contributed by atoms with Crippen LogP contribution in [-0.2, 0) is 5.41 Å². The topological polar surface area (TPSA) is 65.3 Å². The summed E-state index contributed by atoms with van der Waals surface area (Å²) in [6.45, 7) is 4.36. The number of furan rings is 2. The minimum absolute atomic E-state index is 0.106. The summed E-state index contributed by atoms with van der Waals surface area (Å²) in [4.78, 5) is 25.4. The highest BCUT2D eigenvalue weighted by Gasteiger charge is 2.39. The molecule has 5 heteroatoms. The second kappa shape index (κ2) is 5.56. The molecule has 5 nitrogen and oxygen atoms in total. The highest BCUT2D eigenvalue weighted by molar-refractivity contribution is 6.41. The molecule has 0 unspecified atom stereocenters. The fraction of sp³-hybridized carbons (Fsp3) is 0.111. The Bertz CT molecular complexity index is 1650. The summed E-state index contributed by atoms with van der Waals surface area (Å²) in [6.07, 6.45) is 4.21. The lowest BCUT2D eigenvalue weighted by Gasteiger charge is -2.31. The Morgan fingerprint density at radius 1 is 0.875 bits per heavy atom. The third-order valence-corrected chi connectivity index (χ3v) is 6.90. The lowest BCUT2D eigenvalue weighted by Crippen LogP contribution is -2.24. The molecule has 0 spiro atoms. The Labute approximate surface area is 182 Å². The molecule has 2 aromatic carbocycles. The number of ketones is 2. The highest BCUT2D eigenvalue weighted by atomic mass is 16.4. The van der Waals surface area contributed by atoms with E-state index in [4.69, 9.17) is 8.83 Å². The van der Waals surface area contributed by atoms with E-state index >= 15 is 0 Å². The molecule has 0 atom stereocenters. The van der Waals surface area contributed by atoms with E-state index in [9.17, 15) is 9.59 Å². The van der Waals surface area contributed by atoms with Crippen molar-refractivity contribution in [3.63, 3.8) is 0 Å². The number of para-hydroxylation sites is 2. The van der Waals surface area contributed by atoms with Gasteiger partial charge in [-0.3, -0.25) is 14.2 Å². The second-order valence-electron chi connectivity index (χ2n) is 8.96. The summed E-state index contributed by atoms with van der Waals surface area (Å²) < 4.78 is 13.5. The minimum atomic E-state index is -0.329. The Morgan fingerprint density at radius 2 is 1.59 bits per heavy atom. The number of carbonyl (C=O) groups excluding carboxylic acids is 2. The Balaban J connectivity index is 1.51. The lowest BCUT2D eigenvalue weighted by molar-refractivity contribution is 0.0988. The highest BCUT2D eigenvalue weighted by Crippen LogP contribution is 2.48. The zero-order chi connectivity index (χ0) is 21.8. The number of rotatable bonds is 1. The first-order valence-electron chi connectivity index (χ1n) is 10.5. The lowest BCUT2D eigenvalue weighted by atomic mass is 9.76. The summed E-state index contributed by atoms with van der Waals surface area (Å²) in [6, 6.07) is 16.6. The number of allylic oxidation sites excluding steroid dienone is 1. The molecule has 32 heavy (non-hydrogen) atoms. The van der Waals surface area contributed by atoms with Gasteiger partial charge in [-0.25, -0.2) is 0 Å². The van der Waals surface area contributed by atoms with E-state index in [2.05, 4.69) is 48.7 Å². The zero-order valence-corrected chi connectivity index (χ0v) is 17.4. The molecule has 0 saturated carbocycles. The second-order valence-corrected chi connectivity index (χ2v) is 8.96. The maximum atomic E-state index is 12.7. The van der Waals surface area contributed by atoms with Crippen LogP contribution in [0.4, 0.5) is 0 Å². The summed E-state index contributed by atoms with van der Waals surface area (Å²) in [7, 11) is 0. The molecule has 0 saturated heterocycles. The van der Waals surface area contributed by atoms with Gasteiger partial charge in [-0.1, -0.05) is 50.2 Å². The van der Waals surface area contributed by atoms with Gasteiger partial charge in [-0.2, -0.15) is 0 Å². The van der Waals surface area contributed by atoms with Crippen LogP contribution in [0.2, 0.25) is 0 Å². The van der Waals surface area contributed by atoms with Crippen LogP contribution >= 0.6 is 0 Å². The van der Waals surface area contributed by atoms with Crippen LogP contribution in [0, 0.1) is 0 Å². The molecule has 0 N–H and O–H groups in total. The Kier molecular flexibility index (Phi) is 3.05. The van der Waals surface area contributed by atoms with Crippen LogP contribution in [0.5, 0.6) is 0 Å². The molecule has 154 valence electrons. The van der Waals surface area contributed by atoms with Gasteiger partial charge in [0.25, 0.3) is 0 Å². The normalized spacial score (nSPS) is 16.1. The van der Waals surface area contributed by atoms with E-state index in [0.29, 0.717) is 16.9 Å². The van der Waals surface area contributed by atoms with Gasteiger partial charge in [0.05, 0.1) is 27.7 Å². The van der Waals surface area contributed by atoms with Gasteiger partial charge in [0, 0.05) is 21.8 Å². The molecular weight excluding hydrogens is 402 g/mol. The van der Waals surface area contributed by atoms with Gasteiger partial charge in [0.2, 0.25) is 17.5 Å². The number of aromatic nitrogens is 1. The zero-order valence-electron chi connectivity index (χ0n) is 17.4. The van der Waals surface area contributed by atoms with Crippen molar-refractivity contribution in [2.75, 3.05) is 0 Å². The number of nitrogens with zero attached hydrogens (tertiary/aromatic N) is 1. The van der Waals surface area contributed by atoms with Crippen molar-refractivity contribution in [1.82, 2.24) is 4.57 Å². The Hall–Kier alpha value is -4.12. The average Bonchev–Trinajstić information content (AvgIpc) is 3.54. The number of hydrogen-bond donors (Lipinski definition) is 0. The van der Waals surface area contributed by atoms with Gasteiger partial charge in [0.15, 0.2) is 0 Å². The standard InChI is InChI=1S/C27H17NO4/c1-27(2)20-8-5-7-16-15-6-3-4-9-22(15)28(23(16)20)26-21(27)11-14(32-26)10-17-24(29)18-12-31-13-19(18)25(17)30/h3-13H,1-2H3. The number of Topliss-reactive ketones (excluding diaryl/α,β-unsaturated/α-hetero) is 2. The molecule has 0 fully saturated rings. The van der Waals surface area contributed by atoms with Gasteiger partial charge in [0.1, 0.15) is 18.3 Å². The third kappa shape index (κ3) is 1.94. The SMILES string of the molecule is CC1(C)c2cc(C=C3C(=O)c4cocc4C3=O)oc2-n2c3ccccc3c3cccc1c32. The molecule has 5 aromatic rings. The molecular formula is C27H17NO4. The molecule has 3 aromatic heterocycles. The molecule has 1 aliphatic carbocycles. The van der Waals surface area contributed by atoms with Gasteiger partial charge < -0.3 is 8.83 Å². The van der Waals surface area contributed by atoms with E-state index in [0.717, 1.165) is 27.9 Å². The predicted molar refractivity (Wildman–Crippen MR) is 121 cm³/mol. The quantitative estimate of drug-likeness (QED) is 0.244. The van der Waals surface area contributed by atoms with E-state index in [1.165, 1.54) is 23.5 Å². The average molecular weight is 419 g/mol. The van der Waals surface area contributed by atoms with Crippen LogP contribution in [0.1, 0.15) is 51.5 Å². The summed E-state index contributed by atoms with van der Waals surface area (Å²) in [5, 5.41) is 2.35. The molecule has 1 aliphatic heterocycles. The first kappa shape index (κ1) is 17.5. The molecule has 4 heterocycles. The number of hydrogen-bond acceptors (Lipinski definition) is 4. The van der Waals surface area contributed by atoms with Crippen molar-refractivity contribution in [3.8, 4) is 5.88 Å². The third-order valence-electron chi connectivity index (χ3n) is 6.90. The van der Waals surface area contributed by atoms with Crippen LogP contribution in [0.3, 0.4) is 0 Å². The maximum absolute atomic E-state index is 12.7. The van der Waals surface area contributed by atoms with E-state index in [1.807, 2.05) is 18.2 Å². The minimum Gasteiger partial charge on any atom is -0.471 e. The molecule has 7 rings (SSSR count). The molecule has 0 radical (unpaired) electrons. The predicted octanol–water partition coefficient (Wildman–Crippen LogP) is 6.07. The summed E-state index contributed by atoms with van der Waals surface area (Å²) >= 11 is 0. The summed E-state index contributed by atoms with van der Waals surface area (Å²) in [5.74, 6) is 0.557. The van der Waals surface area contributed by atoms with Gasteiger partial charge in [-0.05, 0) is 23.8 Å². The van der Waals surface area contributed by atoms with Crippen LogP contribution in [0.15, 0.2) is 75.5 Å². The fourth-order valence-electron chi connectivity index (χ4n) is 5.28. The summed E-state index contributed by atoms with van der Waals surface area (Å²) in [5.41, 5.74) is 4.85. The van der Waals surface area contributed by atoms with Crippen molar-refractivity contribution < 1.29 is 18.4 Å². The van der Waals surface area contributed by atoms with Crippen molar-refractivity contribution >= 4 is 39.4 Å². The number of fused-ring (bicyclic) bond motifs is 6.